The molecule has 1 aromatic rings. The van der Waals surface area contributed by atoms with E-state index in [9.17, 15) is 10.1 Å². The number of aromatic nitrogens is 1. The number of rotatable bonds is 5. The smallest absolute Gasteiger partial charge is 0.278 e. The number of pyridine rings is 1. The molecule has 1 atom stereocenters. The van der Waals surface area contributed by atoms with Crippen LogP contribution in [0.4, 0.5) is 5.69 Å². The summed E-state index contributed by atoms with van der Waals surface area (Å²) >= 11 is 0. The Kier molecular flexibility index (Phi) is 5.25. The third-order valence-electron chi connectivity index (χ3n) is 4.31. The minimum Gasteiger partial charge on any atom is -0.330 e. The molecule has 1 aliphatic rings. The van der Waals surface area contributed by atoms with Crippen molar-refractivity contribution in [3.8, 4) is 0 Å². The van der Waals surface area contributed by atoms with Crippen LogP contribution in [-0.2, 0) is 6.54 Å². The molecule has 1 aliphatic heterocycles. The van der Waals surface area contributed by atoms with E-state index in [-0.39, 0.29) is 10.6 Å². The van der Waals surface area contributed by atoms with Gasteiger partial charge in [-0.25, -0.2) is 0 Å². The van der Waals surface area contributed by atoms with Crippen molar-refractivity contribution < 1.29 is 4.92 Å². The van der Waals surface area contributed by atoms with Gasteiger partial charge in [0.05, 0.1) is 10.6 Å². The van der Waals surface area contributed by atoms with Crippen molar-refractivity contribution in [3.05, 3.63) is 33.1 Å². The van der Waals surface area contributed by atoms with E-state index in [0.29, 0.717) is 23.6 Å². The lowest BCUT2D eigenvalue weighted by Gasteiger charge is -2.32. The normalized spacial score (nSPS) is 19.7. The summed E-state index contributed by atoms with van der Waals surface area (Å²) in [5.74, 6) is 0.643. The highest BCUT2D eigenvalue weighted by atomic mass is 16.6. The minimum absolute atomic E-state index is 0.204. The Morgan fingerprint density at radius 3 is 2.95 bits per heavy atom. The monoisotopic (exact) mass is 292 g/mol. The van der Waals surface area contributed by atoms with Crippen LogP contribution >= 0.6 is 0 Å². The van der Waals surface area contributed by atoms with Crippen LogP contribution in [-0.4, -0.2) is 34.4 Å². The number of piperidine rings is 1. The zero-order chi connectivity index (χ0) is 15.4. The van der Waals surface area contributed by atoms with E-state index in [1.165, 1.54) is 6.42 Å². The SMILES string of the molecule is Cc1cnc(CN2CCCC(CCN)C2)c(C)c1[N+](=O)[O-]. The van der Waals surface area contributed by atoms with Crippen LogP contribution in [0, 0.1) is 29.9 Å². The Balaban J connectivity index is 2.12. The zero-order valence-electron chi connectivity index (χ0n) is 12.8. The molecule has 0 aliphatic carbocycles. The lowest BCUT2D eigenvalue weighted by atomic mass is 9.94. The van der Waals surface area contributed by atoms with Gasteiger partial charge in [-0.05, 0) is 52.1 Å². The maximum atomic E-state index is 11.2. The van der Waals surface area contributed by atoms with E-state index in [1.54, 1.807) is 20.0 Å². The van der Waals surface area contributed by atoms with Crippen molar-refractivity contribution >= 4 is 5.69 Å². The molecule has 1 unspecified atom stereocenters. The molecule has 1 fully saturated rings. The highest BCUT2D eigenvalue weighted by molar-refractivity contribution is 5.47. The minimum atomic E-state index is -0.302. The standard InChI is InChI=1S/C15H24N4O2/c1-11-8-17-14(12(2)15(11)19(20)21)10-18-7-3-4-13(9-18)5-6-16/h8,13H,3-7,9-10,16H2,1-2H3. The van der Waals surface area contributed by atoms with Crippen molar-refractivity contribution in [1.82, 2.24) is 9.88 Å². The van der Waals surface area contributed by atoms with Crippen LogP contribution < -0.4 is 5.73 Å². The van der Waals surface area contributed by atoms with E-state index in [4.69, 9.17) is 5.73 Å². The highest BCUT2D eigenvalue weighted by Crippen LogP contribution is 2.26. The topological polar surface area (TPSA) is 85.3 Å². The van der Waals surface area contributed by atoms with Crippen LogP contribution in [0.2, 0.25) is 0 Å². The van der Waals surface area contributed by atoms with Crippen LogP contribution in [0.1, 0.15) is 36.1 Å². The molecule has 6 heteroatoms. The van der Waals surface area contributed by atoms with Crippen LogP contribution in [0.15, 0.2) is 6.20 Å². The van der Waals surface area contributed by atoms with Crippen LogP contribution in [0.3, 0.4) is 0 Å². The fraction of sp³-hybridized carbons (Fsp3) is 0.667. The summed E-state index contributed by atoms with van der Waals surface area (Å²) in [6.07, 6.45) is 5.06. The van der Waals surface area contributed by atoms with Gasteiger partial charge in [0.15, 0.2) is 0 Å². The second kappa shape index (κ2) is 6.95. The highest BCUT2D eigenvalue weighted by Gasteiger charge is 2.23. The molecule has 0 bridgehead atoms. The van der Waals surface area contributed by atoms with Crippen molar-refractivity contribution in [2.45, 2.75) is 39.7 Å². The molecule has 0 amide bonds. The van der Waals surface area contributed by atoms with E-state index < -0.39 is 0 Å². The second-order valence-corrected chi connectivity index (χ2v) is 5.94. The number of hydrogen-bond donors (Lipinski definition) is 1. The number of hydrogen-bond acceptors (Lipinski definition) is 5. The van der Waals surface area contributed by atoms with Gasteiger partial charge in [-0.3, -0.25) is 20.0 Å². The summed E-state index contributed by atoms with van der Waals surface area (Å²) in [6, 6.07) is 0. The Labute approximate surface area is 125 Å². The average Bonchev–Trinajstić information content (AvgIpc) is 2.43. The molecule has 2 rings (SSSR count). The summed E-state index contributed by atoms with van der Waals surface area (Å²) in [5, 5.41) is 11.2. The van der Waals surface area contributed by atoms with Gasteiger partial charge < -0.3 is 5.73 Å². The molecule has 1 saturated heterocycles. The quantitative estimate of drug-likeness (QED) is 0.664. The first-order chi connectivity index (χ1) is 10.0. The van der Waals surface area contributed by atoms with Gasteiger partial charge in [0.1, 0.15) is 0 Å². The van der Waals surface area contributed by atoms with E-state index in [0.717, 1.165) is 38.2 Å². The summed E-state index contributed by atoms with van der Waals surface area (Å²) in [6.45, 7) is 7.00. The van der Waals surface area contributed by atoms with Gasteiger partial charge in [0.25, 0.3) is 5.69 Å². The first-order valence-corrected chi connectivity index (χ1v) is 7.54. The van der Waals surface area contributed by atoms with E-state index in [2.05, 4.69) is 9.88 Å². The third kappa shape index (κ3) is 3.77. The Hall–Kier alpha value is -1.53. The van der Waals surface area contributed by atoms with Gasteiger partial charge in [0, 0.05) is 30.4 Å². The Bertz CT molecular complexity index is 517. The van der Waals surface area contributed by atoms with Crippen molar-refractivity contribution in [1.29, 1.82) is 0 Å². The van der Waals surface area contributed by atoms with Crippen molar-refractivity contribution in [2.24, 2.45) is 11.7 Å². The third-order valence-corrected chi connectivity index (χ3v) is 4.31. The lowest BCUT2D eigenvalue weighted by molar-refractivity contribution is -0.386. The molecule has 0 radical (unpaired) electrons. The molecular weight excluding hydrogens is 268 g/mol. The summed E-state index contributed by atoms with van der Waals surface area (Å²) in [7, 11) is 0. The largest absolute Gasteiger partial charge is 0.330 e. The number of likely N-dealkylation sites (tertiary alicyclic amines) is 1. The number of aryl methyl sites for hydroxylation is 1. The zero-order valence-corrected chi connectivity index (χ0v) is 12.8. The molecule has 6 nitrogen and oxygen atoms in total. The van der Waals surface area contributed by atoms with Gasteiger partial charge in [-0.15, -0.1) is 0 Å². The summed E-state index contributed by atoms with van der Waals surface area (Å²) in [5.41, 5.74) is 7.99. The van der Waals surface area contributed by atoms with Crippen LogP contribution in [0.25, 0.3) is 0 Å². The van der Waals surface area contributed by atoms with E-state index >= 15 is 0 Å². The Morgan fingerprint density at radius 1 is 1.52 bits per heavy atom. The predicted molar refractivity (Wildman–Crippen MR) is 82.0 cm³/mol. The van der Waals surface area contributed by atoms with Crippen molar-refractivity contribution in [3.63, 3.8) is 0 Å². The first kappa shape index (κ1) is 15.9. The molecule has 21 heavy (non-hydrogen) atoms. The van der Waals surface area contributed by atoms with Crippen molar-refractivity contribution in [2.75, 3.05) is 19.6 Å². The lowest BCUT2D eigenvalue weighted by Crippen LogP contribution is -2.36. The molecule has 0 saturated carbocycles. The fourth-order valence-electron chi connectivity index (χ4n) is 3.18. The average molecular weight is 292 g/mol. The van der Waals surface area contributed by atoms with Gasteiger partial charge in [-0.1, -0.05) is 0 Å². The maximum absolute atomic E-state index is 11.2. The molecular formula is C15H24N4O2. The first-order valence-electron chi connectivity index (χ1n) is 7.54. The fourth-order valence-corrected chi connectivity index (χ4v) is 3.18. The van der Waals surface area contributed by atoms with E-state index in [1.807, 2.05) is 0 Å². The van der Waals surface area contributed by atoms with Gasteiger partial charge in [-0.2, -0.15) is 0 Å². The molecule has 0 spiro atoms. The molecule has 2 N–H and O–H groups in total. The number of nitrogens with zero attached hydrogens (tertiary/aromatic N) is 3. The van der Waals surface area contributed by atoms with Gasteiger partial charge in [0.2, 0.25) is 0 Å². The summed E-state index contributed by atoms with van der Waals surface area (Å²) in [4.78, 5) is 17.6. The predicted octanol–water partition coefficient (Wildman–Crippen LogP) is 2.17. The molecule has 116 valence electrons. The molecule has 1 aromatic heterocycles. The van der Waals surface area contributed by atoms with Gasteiger partial charge >= 0.3 is 0 Å². The number of nitro groups is 1. The maximum Gasteiger partial charge on any atom is 0.278 e. The summed E-state index contributed by atoms with van der Waals surface area (Å²) < 4.78 is 0. The second-order valence-electron chi connectivity index (χ2n) is 5.94. The Morgan fingerprint density at radius 2 is 2.29 bits per heavy atom. The number of nitrogens with two attached hydrogens (primary N) is 1. The molecule has 0 aromatic carbocycles. The van der Waals surface area contributed by atoms with Crippen LogP contribution in [0.5, 0.6) is 0 Å². The molecule has 2 heterocycles.